The van der Waals surface area contributed by atoms with E-state index in [2.05, 4.69) is 0 Å². The normalized spacial score (nSPS) is 14.0. The largest absolute Gasteiger partial charge is 0.293 e. The van der Waals surface area contributed by atoms with Gasteiger partial charge in [-0.3, -0.25) is 9.36 Å². The van der Waals surface area contributed by atoms with Crippen LogP contribution in [0.5, 0.6) is 0 Å². The lowest BCUT2D eigenvalue weighted by Crippen LogP contribution is -2.26. The molecule has 6 heteroatoms. The van der Waals surface area contributed by atoms with Crippen LogP contribution in [0.25, 0.3) is 10.2 Å². The van der Waals surface area contributed by atoms with E-state index in [0.29, 0.717) is 22.7 Å². The first kappa shape index (κ1) is 16.7. The molecule has 0 bridgehead atoms. The van der Waals surface area contributed by atoms with Crippen LogP contribution in [0, 0.1) is 0 Å². The second-order valence-electron chi connectivity index (χ2n) is 6.37. The van der Waals surface area contributed by atoms with Gasteiger partial charge in [0.05, 0.1) is 11.9 Å². The SMILES string of the molecule is O=c1c2c3c(sc2nc(Cc2cccc(Cl)c2)n1CCF)CCCC3. The lowest BCUT2D eigenvalue weighted by Gasteiger charge is -2.13. The first-order valence-electron chi connectivity index (χ1n) is 8.51. The molecule has 0 aliphatic heterocycles. The Morgan fingerprint density at radius 3 is 2.92 bits per heavy atom. The molecule has 130 valence electrons. The summed E-state index contributed by atoms with van der Waals surface area (Å²) in [6.07, 6.45) is 4.67. The molecule has 1 aliphatic carbocycles. The maximum Gasteiger partial charge on any atom is 0.262 e. The summed E-state index contributed by atoms with van der Waals surface area (Å²) in [5.74, 6) is 0.607. The molecule has 2 heterocycles. The smallest absolute Gasteiger partial charge is 0.262 e. The summed E-state index contributed by atoms with van der Waals surface area (Å²) < 4.78 is 14.6. The molecule has 3 nitrogen and oxygen atoms in total. The minimum absolute atomic E-state index is 0.0439. The Hall–Kier alpha value is -1.72. The maximum absolute atomic E-state index is 13.1. The van der Waals surface area contributed by atoms with E-state index >= 15 is 0 Å². The first-order chi connectivity index (χ1) is 12.2. The van der Waals surface area contributed by atoms with E-state index in [0.717, 1.165) is 41.6 Å². The Labute approximate surface area is 154 Å². The molecular weight excluding hydrogens is 359 g/mol. The standard InChI is InChI=1S/C19H18ClFN2OS/c20-13-5-3-4-12(10-13)11-16-22-18-17(19(24)23(16)9-8-21)14-6-1-2-7-15(14)25-18/h3-5,10H,1-2,6-9,11H2. The van der Waals surface area contributed by atoms with Crippen molar-refractivity contribution in [2.24, 2.45) is 0 Å². The van der Waals surface area contributed by atoms with Crippen molar-refractivity contribution in [2.45, 2.75) is 38.6 Å². The average Bonchev–Trinajstić information content (AvgIpc) is 2.96. The number of fused-ring (bicyclic) bond motifs is 3. The van der Waals surface area contributed by atoms with Gasteiger partial charge in [-0.15, -0.1) is 11.3 Å². The molecule has 25 heavy (non-hydrogen) atoms. The first-order valence-corrected chi connectivity index (χ1v) is 9.71. The molecule has 2 aromatic heterocycles. The number of aromatic nitrogens is 2. The predicted molar refractivity (Wildman–Crippen MR) is 101 cm³/mol. The van der Waals surface area contributed by atoms with Gasteiger partial charge in [0.25, 0.3) is 5.56 Å². The number of rotatable bonds is 4. The molecule has 4 rings (SSSR count). The Morgan fingerprint density at radius 2 is 2.12 bits per heavy atom. The molecule has 0 amide bonds. The van der Waals surface area contributed by atoms with E-state index in [-0.39, 0.29) is 12.1 Å². The molecule has 0 fully saturated rings. The number of aryl methyl sites for hydroxylation is 2. The van der Waals surface area contributed by atoms with Crippen LogP contribution < -0.4 is 5.56 Å². The number of hydrogen-bond donors (Lipinski definition) is 0. The molecule has 0 N–H and O–H groups in total. The zero-order valence-electron chi connectivity index (χ0n) is 13.7. The number of alkyl halides is 1. The van der Waals surface area contributed by atoms with Gasteiger partial charge < -0.3 is 0 Å². The van der Waals surface area contributed by atoms with Crippen LogP contribution in [0.1, 0.15) is 34.7 Å². The van der Waals surface area contributed by atoms with E-state index in [4.69, 9.17) is 16.6 Å². The van der Waals surface area contributed by atoms with Gasteiger partial charge >= 0.3 is 0 Å². The maximum atomic E-state index is 13.1. The zero-order chi connectivity index (χ0) is 17.4. The third kappa shape index (κ3) is 3.11. The van der Waals surface area contributed by atoms with Gasteiger partial charge in [-0.2, -0.15) is 0 Å². The minimum atomic E-state index is -0.581. The van der Waals surface area contributed by atoms with Crippen LogP contribution in [0.15, 0.2) is 29.1 Å². The monoisotopic (exact) mass is 376 g/mol. The Balaban J connectivity index is 1.88. The summed E-state index contributed by atoms with van der Waals surface area (Å²) in [4.78, 5) is 19.9. The van der Waals surface area contributed by atoms with Crippen molar-refractivity contribution in [1.82, 2.24) is 9.55 Å². The molecule has 0 radical (unpaired) electrons. The van der Waals surface area contributed by atoms with Crippen molar-refractivity contribution in [3.8, 4) is 0 Å². The second kappa shape index (κ2) is 6.89. The number of hydrogen-bond acceptors (Lipinski definition) is 3. The summed E-state index contributed by atoms with van der Waals surface area (Å²) >= 11 is 7.68. The number of nitrogens with zero attached hydrogens (tertiary/aromatic N) is 2. The highest BCUT2D eigenvalue weighted by atomic mass is 35.5. The molecule has 0 spiro atoms. The van der Waals surface area contributed by atoms with Gasteiger partial charge in [0.1, 0.15) is 17.3 Å². The molecule has 1 aliphatic rings. The average molecular weight is 377 g/mol. The number of halogens is 2. The van der Waals surface area contributed by atoms with E-state index in [1.165, 1.54) is 9.44 Å². The van der Waals surface area contributed by atoms with E-state index in [9.17, 15) is 9.18 Å². The number of benzene rings is 1. The summed E-state index contributed by atoms with van der Waals surface area (Å²) in [5.41, 5.74) is 2.01. The highest BCUT2D eigenvalue weighted by Gasteiger charge is 2.22. The van der Waals surface area contributed by atoms with Crippen LogP contribution in [-0.4, -0.2) is 16.2 Å². The molecule has 0 saturated heterocycles. The van der Waals surface area contributed by atoms with Gasteiger partial charge in [-0.05, 0) is 48.9 Å². The second-order valence-corrected chi connectivity index (χ2v) is 7.89. The quantitative estimate of drug-likeness (QED) is 0.669. The molecule has 3 aromatic rings. The summed E-state index contributed by atoms with van der Waals surface area (Å²) in [6, 6.07) is 7.49. The molecule has 0 atom stereocenters. The Kier molecular flexibility index (Phi) is 4.61. The third-order valence-electron chi connectivity index (χ3n) is 4.71. The van der Waals surface area contributed by atoms with Crippen molar-refractivity contribution in [3.05, 3.63) is 61.5 Å². The van der Waals surface area contributed by atoms with Gasteiger partial charge in [0.2, 0.25) is 0 Å². The fraction of sp³-hybridized carbons (Fsp3) is 0.368. The fourth-order valence-corrected chi connectivity index (χ4v) is 5.04. The van der Waals surface area contributed by atoms with Crippen LogP contribution >= 0.6 is 22.9 Å². The Bertz CT molecular complexity index is 995. The molecule has 0 unspecified atom stereocenters. The van der Waals surface area contributed by atoms with Gasteiger partial charge in [0, 0.05) is 16.3 Å². The highest BCUT2D eigenvalue weighted by Crippen LogP contribution is 2.34. The fourth-order valence-electron chi connectivity index (χ4n) is 3.56. The van der Waals surface area contributed by atoms with Crippen molar-refractivity contribution in [1.29, 1.82) is 0 Å². The van der Waals surface area contributed by atoms with Gasteiger partial charge in [-0.1, -0.05) is 23.7 Å². The lowest BCUT2D eigenvalue weighted by atomic mass is 9.97. The number of thiophene rings is 1. The third-order valence-corrected chi connectivity index (χ3v) is 6.13. The summed E-state index contributed by atoms with van der Waals surface area (Å²) in [5, 5.41) is 1.35. The minimum Gasteiger partial charge on any atom is -0.293 e. The molecule has 1 aromatic carbocycles. The van der Waals surface area contributed by atoms with E-state index in [1.807, 2.05) is 24.3 Å². The predicted octanol–water partition coefficient (Wildman–Crippen LogP) is 4.55. The van der Waals surface area contributed by atoms with Crippen molar-refractivity contribution >= 4 is 33.2 Å². The van der Waals surface area contributed by atoms with Crippen LogP contribution in [0.2, 0.25) is 5.02 Å². The van der Waals surface area contributed by atoms with Crippen molar-refractivity contribution in [3.63, 3.8) is 0 Å². The lowest BCUT2D eigenvalue weighted by molar-refractivity contribution is 0.433. The van der Waals surface area contributed by atoms with E-state index < -0.39 is 6.67 Å². The summed E-state index contributed by atoms with van der Waals surface area (Å²) in [6.45, 7) is -0.537. The summed E-state index contributed by atoms with van der Waals surface area (Å²) in [7, 11) is 0. The van der Waals surface area contributed by atoms with Crippen LogP contribution in [0.4, 0.5) is 4.39 Å². The van der Waals surface area contributed by atoms with Crippen LogP contribution in [0.3, 0.4) is 0 Å². The Morgan fingerprint density at radius 1 is 1.28 bits per heavy atom. The van der Waals surface area contributed by atoms with Gasteiger partial charge in [0.15, 0.2) is 0 Å². The highest BCUT2D eigenvalue weighted by molar-refractivity contribution is 7.18. The topological polar surface area (TPSA) is 34.9 Å². The van der Waals surface area contributed by atoms with Crippen molar-refractivity contribution < 1.29 is 4.39 Å². The van der Waals surface area contributed by atoms with E-state index in [1.54, 1.807) is 11.3 Å². The molecular formula is C19H18ClFN2OS. The van der Waals surface area contributed by atoms with Gasteiger partial charge in [-0.25, -0.2) is 9.37 Å². The van der Waals surface area contributed by atoms with Crippen LogP contribution in [-0.2, 0) is 25.8 Å². The zero-order valence-corrected chi connectivity index (χ0v) is 15.3. The van der Waals surface area contributed by atoms with Crippen molar-refractivity contribution in [2.75, 3.05) is 6.67 Å². The molecule has 0 saturated carbocycles.